The van der Waals surface area contributed by atoms with Crippen molar-refractivity contribution in [2.24, 2.45) is 0 Å². The summed E-state index contributed by atoms with van der Waals surface area (Å²) in [5.41, 5.74) is 1.94. The van der Waals surface area contributed by atoms with Crippen LogP contribution in [0.25, 0.3) is 0 Å². The molecular weight excluding hydrogens is 259 g/mol. The van der Waals surface area contributed by atoms with Gasteiger partial charge in [-0.15, -0.1) is 0 Å². The third-order valence-corrected chi connectivity index (χ3v) is 2.99. The molecule has 104 valence electrons. The van der Waals surface area contributed by atoms with Crippen LogP contribution >= 0.6 is 0 Å². The van der Waals surface area contributed by atoms with E-state index >= 15 is 0 Å². The summed E-state index contributed by atoms with van der Waals surface area (Å²) in [7, 11) is 0. The van der Waals surface area contributed by atoms with Crippen LogP contribution < -0.4 is 5.32 Å². The average Bonchev–Trinajstić information content (AvgIpc) is 2.48. The zero-order valence-electron chi connectivity index (χ0n) is 10.8. The third kappa shape index (κ3) is 3.39. The van der Waals surface area contributed by atoms with Gasteiger partial charge in [0.05, 0.1) is 5.69 Å². The Morgan fingerprint density at radius 1 is 1.30 bits per heavy atom. The van der Waals surface area contributed by atoms with Crippen molar-refractivity contribution in [3.63, 3.8) is 0 Å². The summed E-state index contributed by atoms with van der Waals surface area (Å²) < 4.78 is 12.9. The number of rotatable bonds is 6. The average molecular weight is 274 g/mol. The summed E-state index contributed by atoms with van der Waals surface area (Å²) >= 11 is 0. The SMILES string of the molecule is O=CNCCc1cccnc1C(O)c1ccc(F)cc1. The lowest BCUT2D eigenvalue weighted by Gasteiger charge is -2.14. The van der Waals surface area contributed by atoms with E-state index in [1.807, 2.05) is 6.07 Å². The van der Waals surface area contributed by atoms with E-state index in [9.17, 15) is 14.3 Å². The van der Waals surface area contributed by atoms with Crippen LogP contribution in [-0.4, -0.2) is 23.0 Å². The van der Waals surface area contributed by atoms with Gasteiger partial charge in [0, 0.05) is 12.7 Å². The van der Waals surface area contributed by atoms with Crippen molar-refractivity contribution in [3.8, 4) is 0 Å². The van der Waals surface area contributed by atoms with Crippen LogP contribution in [0.1, 0.15) is 22.9 Å². The molecule has 0 saturated carbocycles. The molecule has 1 heterocycles. The van der Waals surface area contributed by atoms with Crippen molar-refractivity contribution in [1.82, 2.24) is 10.3 Å². The van der Waals surface area contributed by atoms with E-state index in [1.165, 1.54) is 24.3 Å². The molecule has 0 radical (unpaired) electrons. The van der Waals surface area contributed by atoms with E-state index in [2.05, 4.69) is 10.3 Å². The van der Waals surface area contributed by atoms with Crippen LogP contribution in [0.5, 0.6) is 0 Å². The molecule has 2 aromatic rings. The normalized spacial score (nSPS) is 11.9. The third-order valence-electron chi connectivity index (χ3n) is 2.99. The van der Waals surface area contributed by atoms with Crippen LogP contribution in [0.3, 0.4) is 0 Å². The molecular formula is C15H15FN2O2. The maximum atomic E-state index is 12.9. The molecule has 0 fully saturated rings. The van der Waals surface area contributed by atoms with E-state index in [4.69, 9.17) is 0 Å². The second kappa shape index (κ2) is 6.77. The second-order valence-electron chi connectivity index (χ2n) is 4.32. The summed E-state index contributed by atoms with van der Waals surface area (Å²) in [6, 6.07) is 9.28. The molecule has 1 aromatic carbocycles. The zero-order chi connectivity index (χ0) is 14.4. The van der Waals surface area contributed by atoms with Gasteiger partial charge >= 0.3 is 0 Å². The van der Waals surface area contributed by atoms with Crippen LogP contribution in [0.15, 0.2) is 42.6 Å². The first kappa shape index (κ1) is 14.1. The highest BCUT2D eigenvalue weighted by Crippen LogP contribution is 2.23. The number of aromatic nitrogens is 1. The summed E-state index contributed by atoms with van der Waals surface area (Å²) in [6.45, 7) is 0.471. The first-order valence-corrected chi connectivity index (χ1v) is 6.26. The Morgan fingerprint density at radius 3 is 2.75 bits per heavy atom. The lowest BCUT2D eigenvalue weighted by molar-refractivity contribution is -0.109. The van der Waals surface area contributed by atoms with Gasteiger partial charge in [-0.3, -0.25) is 9.78 Å². The number of pyridine rings is 1. The number of benzene rings is 1. The Kier molecular flexibility index (Phi) is 4.79. The topological polar surface area (TPSA) is 62.2 Å². The van der Waals surface area contributed by atoms with Gasteiger partial charge in [-0.05, 0) is 35.7 Å². The Bertz CT molecular complexity index is 572. The van der Waals surface area contributed by atoms with Crippen LogP contribution in [0.4, 0.5) is 4.39 Å². The number of nitrogens with one attached hydrogen (secondary N) is 1. The molecule has 1 unspecified atom stereocenters. The summed E-state index contributed by atoms with van der Waals surface area (Å²) in [4.78, 5) is 14.5. The van der Waals surface area contributed by atoms with Crippen molar-refractivity contribution >= 4 is 6.41 Å². The Morgan fingerprint density at radius 2 is 2.05 bits per heavy atom. The molecule has 0 aliphatic heterocycles. The van der Waals surface area contributed by atoms with E-state index in [1.54, 1.807) is 12.3 Å². The maximum absolute atomic E-state index is 12.9. The van der Waals surface area contributed by atoms with Crippen molar-refractivity contribution in [2.75, 3.05) is 6.54 Å². The monoisotopic (exact) mass is 274 g/mol. The van der Waals surface area contributed by atoms with Crippen molar-refractivity contribution in [2.45, 2.75) is 12.5 Å². The fourth-order valence-electron chi connectivity index (χ4n) is 1.98. The van der Waals surface area contributed by atoms with Gasteiger partial charge in [-0.2, -0.15) is 0 Å². The quantitative estimate of drug-likeness (QED) is 0.621. The van der Waals surface area contributed by atoms with Gasteiger partial charge in [0.1, 0.15) is 11.9 Å². The van der Waals surface area contributed by atoms with Gasteiger partial charge in [0.25, 0.3) is 0 Å². The Hall–Kier alpha value is -2.27. The minimum Gasteiger partial charge on any atom is -0.382 e. The molecule has 1 atom stereocenters. The van der Waals surface area contributed by atoms with Crippen molar-refractivity contribution < 1.29 is 14.3 Å². The van der Waals surface area contributed by atoms with E-state index in [0.717, 1.165) is 5.56 Å². The molecule has 0 saturated heterocycles. The zero-order valence-corrected chi connectivity index (χ0v) is 10.8. The lowest BCUT2D eigenvalue weighted by Crippen LogP contribution is -2.16. The van der Waals surface area contributed by atoms with Crippen molar-refractivity contribution in [3.05, 3.63) is 65.2 Å². The Labute approximate surface area is 116 Å². The lowest BCUT2D eigenvalue weighted by atomic mass is 10.0. The van der Waals surface area contributed by atoms with Crippen LogP contribution in [0, 0.1) is 5.82 Å². The predicted molar refractivity (Wildman–Crippen MR) is 72.5 cm³/mol. The van der Waals surface area contributed by atoms with Crippen LogP contribution in [-0.2, 0) is 11.2 Å². The smallest absolute Gasteiger partial charge is 0.207 e. The summed E-state index contributed by atoms with van der Waals surface area (Å²) in [5, 5.41) is 12.9. The van der Waals surface area contributed by atoms with E-state index < -0.39 is 6.10 Å². The largest absolute Gasteiger partial charge is 0.382 e. The highest BCUT2D eigenvalue weighted by atomic mass is 19.1. The number of hydrogen-bond donors (Lipinski definition) is 2. The molecule has 1 aromatic heterocycles. The van der Waals surface area contributed by atoms with E-state index in [-0.39, 0.29) is 5.82 Å². The fourth-order valence-corrected chi connectivity index (χ4v) is 1.98. The standard InChI is InChI=1S/C15H15FN2O2/c16-13-5-3-12(4-6-13)15(20)14-11(2-1-8-18-14)7-9-17-10-19/h1-6,8,10,15,20H,7,9H2,(H,17,19). The minimum atomic E-state index is -0.914. The second-order valence-corrected chi connectivity index (χ2v) is 4.32. The van der Waals surface area contributed by atoms with Gasteiger partial charge in [-0.1, -0.05) is 18.2 Å². The van der Waals surface area contributed by atoms with E-state index in [0.29, 0.717) is 30.6 Å². The van der Waals surface area contributed by atoms with Crippen LogP contribution in [0.2, 0.25) is 0 Å². The molecule has 2 rings (SSSR count). The molecule has 1 amide bonds. The highest BCUT2D eigenvalue weighted by Gasteiger charge is 2.15. The molecule has 20 heavy (non-hydrogen) atoms. The fraction of sp³-hybridized carbons (Fsp3) is 0.200. The number of aliphatic hydroxyl groups excluding tert-OH is 1. The highest BCUT2D eigenvalue weighted by molar-refractivity contribution is 5.46. The first-order chi connectivity index (χ1) is 9.72. The molecule has 0 aliphatic rings. The predicted octanol–water partition coefficient (Wildman–Crippen LogP) is 1.59. The first-order valence-electron chi connectivity index (χ1n) is 6.26. The van der Waals surface area contributed by atoms with Gasteiger partial charge in [0.2, 0.25) is 6.41 Å². The molecule has 0 aliphatic carbocycles. The number of aliphatic hydroxyl groups is 1. The minimum absolute atomic E-state index is 0.350. The summed E-state index contributed by atoms with van der Waals surface area (Å²) in [6.07, 6.45) is 1.88. The number of carbonyl (C=O) groups excluding carboxylic acids is 1. The molecule has 4 nitrogen and oxygen atoms in total. The molecule has 0 spiro atoms. The number of halogens is 1. The molecule has 5 heteroatoms. The van der Waals surface area contributed by atoms with Gasteiger partial charge in [0.15, 0.2) is 0 Å². The van der Waals surface area contributed by atoms with Gasteiger partial charge < -0.3 is 10.4 Å². The number of hydrogen-bond acceptors (Lipinski definition) is 3. The number of carbonyl (C=O) groups is 1. The Balaban J connectivity index is 2.22. The number of nitrogens with zero attached hydrogens (tertiary/aromatic N) is 1. The molecule has 2 N–H and O–H groups in total. The summed E-state index contributed by atoms with van der Waals surface area (Å²) in [5.74, 6) is -0.350. The maximum Gasteiger partial charge on any atom is 0.207 e. The van der Waals surface area contributed by atoms with Crippen molar-refractivity contribution in [1.29, 1.82) is 0 Å². The molecule has 0 bridgehead atoms. The number of amides is 1. The van der Waals surface area contributed by atoms with Gasteiger partial charge in [-0.25, -0.2) is 4.39 Å².